The maximum absolute atomic E-state index is 13.3. The van der Waals surface area contributed by atoms with Crippen molar-refractivity contribution in [1.29, 1.82) is 0 Å². The molecule has 2 rings (SSSR count). The van der Waals surface area contributed by atoms with Gasteiger partial charge in [-0.05, 0) is 17.2 Å². The highest BCUT2D eigenvalue weighted by molar-refractivity contribution is 5.88. The summed E-state index contributed by atoms with van der Waals surface area (Å²) in [6, 6.07) is 3.78. The first-order chi connectivity index (χ1) is 10.9. The second kappa shape index (κ2) is 5.66. The van der Waals surface area contributed by atoms with Gasteiger partial charge in [-0.1, -0.05) is 30.4 Å². The predicted octanol–water partition coefficient (Wildman–Crippen LogP) is 3.76. The van der Waals surface area contributed by atoms with Crippen LogP contribution in [0, 0.1) is 0 Å². The third-order valence-corrected chi connectivity index (χ3v) is 3.60. The molecule has 24 heavy (non-hydrogen) atoms. The Bertz CT molecular complexity index is 732. The minimum atomic E-state index is -5.03. The lowest BCUT2D eigenvalue weighted by molar-refractivity contribution is -0.142. The van der Waals surface area contributed by atoms with Gasteiger partial charge in [0.2, 0.25) is 0 Å². The summed E-state index contributed by atoms with van der Waals surface area (Å²) in [6.45, 7) is 0. The molecule has 1 atom stereocenters. The molecule has 0 spiro atoms. The number of alkyl halides is 6. The normalized spacial score (nSPS) is 22.0. The summed E-state index contributed by atoms with van der Waals surface area (Å²) in [5.74, 6) is -1.70. The molecule has 130 valence electrons. The average Bonchev–Trinajstić information content (AvgIpc) is 2.45. The number of aliphatic carboxylic acids is 1. The third kappa shape index (κ3) is 3.30. The fourth-order valence-electron chi connectivity index (χ4n) is 2.40. The molecule has 3 nitrogen and oxygen atoms in total. The van der Waals surface area contributed by atoms with Crippen LogP contribution in [0.2, 0.25) is 0 Å². The van der Waals surface area contributed by atoms with Crippen LogP contribution in [0.5, 0.6) is 0 Å². The second-order valence-corrected chi connectivity index (χ2v) is 5.29. The predicted molar refractivity (Wildman–Crippen MR) is 72.7 cm³/mol. The number of benzene rings is 1. The topological polar surface area (TPSA) is 63.3 Å². The molecular formula is C15H11F6NO2. The minimum Gasteiger partial charge on any atom is -0.480 e. The molecule has 3 N–H and O–H groups in total. The van der Waals surface area contributed by atoms with E-state index in [0.29, 0.717) is 12.1 Å². The van der Waals surface area contributed by atoms with E-state index in [9.17, 15) is 31.1 Å². The largest absolute Gasteiger partial charge is 0.480 e. The molecule has 1 aliphatic rings. The third-order valence-electron chi connectivity index (χ3n) is 3.60. The van der Waals surface area contributed by atoms with E-state index in [1.54, 1.807) is 0 Å². The minimum absolute atomic E-state index is 0.658. The Balaban J connectivity index is 2.70. The number of carboxylic acids is 1. The van der Waals surface area contributed by atoms with Gasteiger partial charge in [0.15, 0.2) is 0 Å². The Kier molecular flexibility index (Phi) is 4.26. The maximum atomic E-state index is 13.3. The van der Waals surface area contributed by atoms with Gasteiger partial charge in [-0.2, -0.15) is 26.3 Å². The summed E-state index contributed by atoms with van der Waals surface area (Å²) in [4.78, 5) is 11.1. The summed E-state index contributed by atoms with van der Waals surface area (Å²) in [5.41, 5.74) is -0.994. The van der Waals surface area contributed by atoms with Gasteiger partial charge < -0.3 is 10.8 Å². The highest BCUT2D eigenvalue weighted by Gasteiger charge is 2.46. The SMILES string of the molecule is NC1(C(=O)O)C=CC(c2ccccc2C(F)(F)F)=C(C(F)(F)F)C1. The lowest BCUT2D eigenvalue weighted by Gasteiger charge is -2.30. The van der Waals surface area contributed by atoms with Gasteiger partial charge in [0, 0.05) is 12.0 Å². The Morgan fingerprint density at radius 3 is 2.17 bits per heavy atom. The van der Waals surface area contributed by atoms with Crippen molar-refractivity contribution >= 4 is 11.5 Å². The molecule has 0 bridgehead atoms. The quantitative estimate of drug-likeness (QED) is 0.798. The molecular weight excluding hydrogens is 340 g/mol. The molecule has 0 radical (unpaired) electrons. The zero-order chi connectivity index (χ0) is 18.3. The van der Waals surface area contributed by atoms with Gasteiger partial charge in [-0.25, -0.2) is 4.79 Å². The van der Waals surface area contributed by atoms with Crippen molar-refractivity contribution in [3.05, 3.63) is 53.1 Å². The molecule has 0 aromatic heterocycles. The zero-order valence-electron chi connectivity index (χ0n) is 11.9. The van der Waals surface area contributed by atoms with Crippen LogP contribution in [0.1, 0.15) is 17.5 Å². The molecule has 0 heterocycles. The molecule has 0 saturated carbocycles. The highest BCUT2D eigenvalue weighted by atomic mass is 19.4. The van der Waals surface area contributed by atoms with Crippen LogP contribution < -0.4 is 5.73 Å². The fraction of sp³-hybridized carbons (Fsp3) is 0.267. The van der Waals surface area contributed by atoms with E-state index in [1.165, 1.54) is 6.07 Å². The van der Waals surface area contributed by atoms with Crippen LogP contribution in [0.15, 0.2) is 42.0 Å². The highest BCUT2D eigenvalue weighted by Crippen LogP contribution is 2.44. The number of carboxylic acid groups (broad SMARTS) is 1. The molecule has 1 aromatic rings. The molecule has 1 aromatic carbocycles. The molecule has 1 unspecified atom stereocenters. The first-order valence-corrected chi connectivity index (χ1v) is 6.55. The van der Waals surface area contributed by atoms with Crippen molar-refractivity contribution < 1.29 is 36.2 Å². The second-order valence-electron chi connectivity index (χ2n) is 5.29. The zero-order valence-corrected chi connectivity index (χ0v) is 11.9. The van der Waals surface area contributed by atoms with Crippen LogP contribution in [0.25, 0.3) is 5.57 Å². The van der Waals surface area contributed by atoms with Gasteiger partial charge in [0.05, 0.1) is 5.56 Å². The number of hydrogen-bond acceptors (Lipinski definition) is 2. The van der Waals surface area contributed by atoms with E-state index in [0.717, 1.165) is 18.2 Å². The van der Waals surface area contributed by atoms with Crippen molar-refractivity contribution in [3.8, 4) is 0 Å². The Morgan fingerprint density at radius 2 is 1.67 bits per heavy atom. The van der Waals surface area contributed by atoms with Crippen LogP contribution >= 0.6 is 0 Å². The van der Waals surface area contributed by atoms with E-state index in [1.807, 2.05) is 0 Å². The van der Waals surface area contributed by atoms with E-state index < -0.39 is 52.6 Å². The molecule has 0 amide bonds. The molecule has 1 aliphatic carbocycles. The molecule has 0 fully saturated rings. The van der Waals surface area contributed by atoms with Gasteiger partial charge in [0.1, 0.15) is 5.54 Å². The number of nitrogens with two attached hydrogens (primary N) is 1. The first kappa shape index (κ1) is 18.1. The number of rotatable bonds is 2. The van der Waals surface area contributed by atoms with Crippen LogP contribution in [0.4, 0.5) is 26.3 Å². The van der Waals surface area contributed by atoms with Crippen molar-refractivity contribution in [2.24, 2.45) is 5.73 Å². The Labute approximate surface area is 132 Å². The monoisotopic (exact) mass is 351 g/mol. The lowest BCUT2D eigenvalue weighted by Crippen LogP contribution is -2.48. The van der Waals surface area contributed by atoms with Crippen LogP contribution in [0.3, 0.4) is 0 Å². The molecule has 9 heteroatoms. The maximum Gasteiger partial charge on any atom is 0.417 e. The number of hydrogen-bond donors (Lipinski definition) is 2. The molecule has 0 aliphatic heterocycles. The van der Waals surface area contributed by atoms with Gasteiger partial charge in [-0.15, -0.1) is 0 Å². The lowest BCUT2D eigenvalue weighted by atomic mass is 9.80. The van der Waals surface area contributed by atoms with Gasteiger partial charge in [0.25, 0.3) is 0 Å². The van der Waals surface area contributed by atoms with Crippen LogP contribution in [-0.4, -0.2) is 22.8 Å². The molecule has 0 saturated heterocycles. The van der Waals surface area contributed by atoms with Crippen molar-refractivity contribution in [3.63, 3.8) is 0 Å². The smallest absolute Gasteiger partial charge is 0.417 e. The van der Waals surface area contributed by atoms with E-state index >= 15 is 0 Å². The summed E-state index contributed by atoms with van der Waals surface area (Å²) < 4.78 is 79.1. The van der Waals surface area contributed by atoms with E-state index in [2.05, 4.69) is 0 Å². The van der Waals surface area contributed by atoms with Crippen LogP contribution in [-0.2, 0) is 11.0 Å². The number of carbonyl (C=O) groups is 1. The summed E-state index contributed by atoms with van der Waals surface area (Å²) in [5, 5.41) is 8.98. The van der Waals surface area contributed by atoms with Crippen molar-refractivity contribution in [2.45, 2.75) is 24.3 Å². The van der Waals surface area contributed by atoms with Gasteiger partial charge in [-0.3, -0.25) is 0 Å². The summed E-state index contributed by atoms with van der Waals surface area (Å²) in [7, 11) is 0. The van der Waals surface area contributed by atoms with E-state index in [-0.39, 0.29) is 0 Å². The Morgan fingerprint density at radius 1 is 1.08 bits per heavy atom. The summed E-state index contributed by atoms with van der Waals surface area (Å²) in [6.07, 6.45) is -9.60. The van der Waals surface area contributed by atoms with Gasteiger partial charge >= 0.3 is 18.3 Å². The Hall–Kier alpha value is -2.29. The van der Waals surface area contributed by atoms with Crippen molar-refractivity contribution in [2.75, 3.05) is 0 Å². The number of halogens is 6. The first-order valence-electron chi connectivity index (χ1n) is 6.55. The summed E-state index contributed by atoms with van der Waals surface area (Å²) >= 11 is 0. The fourth-order valence-corrected chi connectivity index (χ4v) is 2.40. The standard InChI is InChI=1S/C15H11F6NO2/c16-14(17,18)10-4-2-1-3-8(10)9-5-6-13(22,12(23)24)7-11(9)15(19,20)21/h1-6H,7,22H2,(H,23,24). The average molecular weight is 351 g/mol. The van der Waals surface area contributed by atoms with Crippen molar-refractivity contribution in [1.82, 2.24) is 0 Å². The van der Waals surface area contributed by atoms with E-state index in [4.69, 9.17) is 10.8 Å². The number of allylic oxidation sites excluding steroid dienone is 2.